The van der Waals surface area contributed by atoms with Crippen molar-refractivity contribution >= 4 is 21.5 Å². The van der Waals surface area contributed by atoms with Gasteiger partial charge in [-0.25, -0.2) is 13.2 Å². The molecule has 0 aliphatic heterocycles. The molecule has 0 fully saturated rings. The molecule has 116 valence electrons. The third-order valence-corrected chi connectivity index (χ3v) is 4.93. The number of carbonyl (C=O) groups is 1. The van der Waals surface area contributed by atoms with E-state index in [1.165, 1.54) is 19.9 Å². The number of hydrogen-bond acceptors (Lipinski definition) is 6. The van der Waals surface area contributed by atoms with E-state index in [4.69, 9.17) is 9.84 Å². The Balaban J connectivity index is 3.02. The molecule has 21 heavy (non-hydrogen) atoms. The van der Waals surface area contributed by atoms with Crippen LogP contribution in [0.3, 0.4) is 0 Å². The van der Waals surface area contributed by atoms with Gasteiger partial charge in [0.15, 0.2) is 9.84 Å². The number of sulfone groups is 1. The number of carboxylic acid groups (broad SMARTS) is 1. The van der Waals surface area contributed by atoms with E-state index >= 15 is 0 Å². The molecule has 0 aromatic heterocycles. The lowest BCUT2D eigenvalue weighted by atomic mass is 10.2. The third kappa shape index (κ3) is 4.15. The molecule has 0 saturated heterocycles. The van der Waals surface area contributed by atoms with Gasteiger partial charge in [0.05, 0.1) is 15.9 Å². The van der Waals surface area contributed by atoms with Crippen LogP contribution >= 0.6 is 0 Å². The molecule has 8 nitrogen and oxygen atoms in total. The predicted octanol–water partition coefficient (Wildman–Crippen LogP) is 1.49. The fourth-order valence-electron chi connectivity index (χ4n) is 1.48. The van der Waals surface area contributed by atoms with Crippen molar-refractivity contribution in [3.8, 4) is 5.75 Å². The predicted molar refractivity (Wildman–Crippen MR) is 74.5 cm³/mol. The summed E-state index contributed by atoms with van der Waals surface area (Å²) in [6.45, 7) is 2.65. The minimum Gasteiger partial charge on any atom is -0.485 e. The minimum absolute atomic E-state index is 0.351. The van der Waals surface area contributed by atoms with Crippen LogP contribution in [0.15, 0.2) is 18.2 Å². The number of ether oxygens (including phenoxy) is 1. The Kier molecular flexibility index (Phi) is 5.25. The molecule has 0 unspecified atom stereocenters. The van der Waals surface area contributed by atoms with E-state index in [0.717, 1.165) is 12.1 Å². The van der Waals surface area contributed by atoms with Gasteiger partial charge in [-0.1, -0.05) is 6.07 Å². The second kappa shape index (κ2) is 6.53. The molecule has 9 heteroatoms. The number of nitro benzene ring substituents is 1. The van der Waals surface area contributed by atoms with Gasteiger partial charge in [0.1, 0.15) is 12.2 Å². The van der Waals surface area contributed by atoms with E-state index in [0.29, 0.717) is 0 Å². The number of para-hydroxylation sites is 1. The first-order valence-electron chi connectivity index (χ1n) is 6.02. The number of aromatic carboxylic acids is 1. The summed E-state index contributed by atoms with van der Waals surface area (Å²) < 4.78 is 28.3. The van der Waals surface area contributed by atoms with Gasteiger partial charge in [-0.2, -0.15) is 0 Å². The maximum absolute atomic E-state index is 11.6. The standard InChI is InChI=1S/C12H15NO7S/c1-8(2)21(18,19)7-6-20-11-9(12(14)15)4-3-5-10(11)13(16)17/h3-5,8H,6-7H2,1-2H3,(H,14,15). The first-order valence-corrected chi connectivity index (χ1v) is 7.73. The van der Waals surface area contributed by atoms with Crippen molar-refractivity contribution in [2.24, 2.45) is 0 Å². The van der Waals surface area contributed by atoms with Crippen molar-refractivity contribution in [2.75, 3.05) is 12.4 Å². The zero-order valence-corrected chi connectivity index (χ0v) is 12.3. The van der Waals surface area contributed by atoms with Gasteiger partial charge < -0.3 is 9.84 Å². The van der Waals surface area contributed by atoms with Crippen molar-refractivity contribution in [2.45, 2.75) is 19.1 Å². The number of carboxylic acids is 1. The summed E-state index contributed by atoms with van der Waals surface area (Å²) in [5.74, 6) is -2.18. The van der Waals surface area contributed by atoms with E-state index in [2.05, 4.69) is 0 Å². The van der Waals surface area contributed by atoms with Crippen LogP contribution < -0.4 is 4.74 Å². The summed E-state index contributed by atoms with van der Waals surface area (Å²) in [7, 11) is -3.38. The molecule has 0 bridgehead atoms. The Labute approximate surface area is 121 Å². The molecule has 1 aromatic carbocycles. The van der Waals surface area contributed by atoms with Crippen molar-refractivity contribution in [3.63, 3.8) is 0 Å². The summed E-state index contributed by atoms with van der Waals surface area (Å²) in [5.41, 5.74) is -0.900. The maximum Gasteiger partial charge on any atom is 0.339 e. The van der Waals surface area contributed by atoms with Crippen LogP contribution in [0.25, 0.3) is 0 Å². The molecule has 1 aromatic rings. The SMILES string of the molecule is CC(C)S(=O)(=O)CCOc1c(C(=O)O)cccc1[N+](=O)[O-]. The summed E-state index contributed by atoms with van der Waals surface area (Å²) in [4.78, 5) is 21.1. The Morgan fingerprint density at radius 2 is 2.05 bits per heavy atom. The molecule has 0 aliphatic carbocycles. The second-order valence-corrected chi connectivity index (χ2v) is 7.16. The fourth-order valence-corrected chi connectivity index (χ4v) is 2.27. The van der Waals surface area contributed by atoms with Gasteiger partial charge in [0, 0.05) is 6.07 Å². The molecule has 1 rings (SSSR count). The van der Waals surface area contributed by atoms with Crippen LogP contribution in [0.1, 0.15) is 24.2 Å². The van der Waals surface area contributed by atoms with Crippen molar-refractivity contribution in [1.29, 1.82) is 0 Å². The van der Waals surface area contributed by atoms with Gasteiger partial charge in [-0.15, -0.1) is 0 Å². The average molecular weight is 317 g/mol. The number of rotatable bonds is 7. The third-order valence-electron chi connectivity index (χ3n) is 2.75. The summed E-state index contributed by atoms with van der Waals surface area (Å²) in [6, 6.07) is 3.47. The van der Waals surface area contributed by atoms with Crippen molar-refractivity contribution < 1.29 is 28.0 Å². The fraction of sp³-hybridized carbons (Fsp3) is 0.417. The highest BCUT2D eigenvalue weighted by atomic mass is 32.2. The Morgan fingerprint density at radius 1 is 1.43 bits per heavy atom. The zero-order chi connectivity index (χ0) is 16.2. The molecule has 0 heterocycles. The normalized spacial score (nSPS) is 11.4. The van der Waals surface area contributed by atoms with E-state index < -0.39 is 37.4 Å². The lowest BCUT2D eigenvalue weighted by Gasteiger charge is -2.11. The highest BCUT2D eigenvalue weighted by Gasteiger charge is 2.24. The van der Waals surface area contributed by atoms with E-state index in [-0.39, 0.29) is 17.9 Å². The molecule has 0 atom stereocenters. The lowest BCUT2D eigenvalue weighted by molar-refractivity contribution is -0.385. The topological polar surface area (TPSA) is 124 Å². The van der Waals surface area contributed by atoms with Gasteiger partial charge in [0.25, 0.3) is 0 Å². The number of nitro groups is 1. The summed E-state index contributed by atoms with van der Waals surface area (Å²) in [6.07, 6.45) is 0. The molecule has 0 aliphatic rings. The van der Waals surface area contributed by atoms with Gasteiger partial charge in [0.2, 0.25) is 5.75 Å². The van der Waals surface area contributed by atoms with Crippen LogP contribution in [0, 0.1) is 10.1 Å². The average Bonchev–Trinajstić information content (AvgIpc) is 2.37. The molecule has 0 amide bonds. The van der Waals surface area contributed by atoms with Crippen LogP contribution in [0.4, 0.5) is 5.69 Å². The van der Waals surface area contributed by atoms with E-state index in [9.17, 15) is 23.3 Å². The van der Waals surface area contributed by atoms with Crippen LogP contribution in [0.2, 0.25) is 0 Å². The second-order valence-electron chi connectivity index (χ2n) is 4.48. The van der Waals surface area contributed by atoms with Gasteiger partial charge in [-0.05, 0) is 19.9 Å². The Morgan fingerprint density at radius 3 is 2.52 bits per heavy atom. The highest BCUT2D eigenvalue weighted by Crippen LogP contribution is 2.31. The van der Waals surface area contributed by atoms with E-state index in [1.54, 1.807) is 0 Å². The van der Waals surface area contributed by atoms with E-state index in [1.807, 2.05) is 0 Å². The lowest BCUT2D eigenvalue weighted by Crippen LogP contribution is -2.22. The number of nitrogens with zero attached hydrogens (tertiary/aromatic N) is 1. The monoisotopic (exact) mass is 317 g/mol. The Hall–Kier alpha value is -2.16. The largest absolute Gasteiger partial charge is 0.485 e. The molecule has 0 spiro atoms. The van der Waals surface area contributed by atoms with Crippen LogP contribution in [-0.2, 0) is 9.84 Å². The number of benzene rings is 1. The first kappa shape index (κ1) is 16.9. The quantitative estimate of drug-likeness (QED) is 0.596. The maximum atomic E-state index is 11.6. The molecule has 0 saturated carbocycles. The van der Waals surface area contributed by atoms with Crippen LogP contribution in [0.5, 0.6) is 5.75 Å². The number of hydrogen-bond donors (Lipinski definition) is 1. The van der Waals surface area contributed by atoms with Crippen molar-refractivity contribution in [3.05, 3.63) is 33.9 Å². The summed E-state index contributed by atoms with van der Waals surface area (Å²) in [5, 5.41) is 19.3. The summed E-state index contributed by atoms with van der Waals surface area (Å²) >= 11 is 0. The molecular formula is C12H15NO7S. The van der Waals surface area contributed by atoms with Crippen molar-refractivity contribution in [1.82, 2.24) is 0 Å². The van der Waals surface area contributed by atoms with Gasteiger partial charge >= 0.3 is 11.7 Å². The van der Waals surface area contributed by atoms with Crippen LogP contribution in [-0.4, -0.2) is 42.0 Å². The highest BCUT2D eigenvalue weighted by molar-refractivity contribution is 7.91. The molecule has 1 N–H and O–H groups in total. The Bertz CT molecular complexity index is 619. The first-order chi connectivity index (χ1) is 9.66. The smallest absolute Gasteiger partial charge is 0.339 e. The minimum atomic E-state index is -3.38. The molecular weight excluding hydrogens is 302 g/mol. The van der Waals surface area contributed by atoms with Gasteiger partial charge in [-0.3, -0.25) is 10.1 Å². The zero-order valence-electron chi connectivity index (χ0n) is 11.5. The molecule has 0 radical (unpaired) electrons.